The maximum absolute atomic E-state index is 12.9. The van der Waals surface area contributed by atoms with Crippen molar-refractivity contribution in [2.75, 3.05) is 20.3 Å². The molecule has 7 nitrogen and oxygen atoms in total. The van der Waals surface area contributed by atoms with Crippen molar-refractivity contribution in [1.29, 1.82) is 0 Å². The van der Waals surface area contributed by atoms with Crippen molar-refractivity contribution in [3.05, 3.63) is 61.9 Å². The van der Waals surface area contributed by atoms with Crippen molar-refractivity contribution in [2.24, 2.45) is 0 Å². The van der Waals surface area contributed by atoms with E-state index in [0.29, 0.717) is 20.8 Å². The van der Waals surface area contributed by atoms with E-state index < -0.39 is 5.97 Å². The zero-order valence-electron chi connectivity index (χ0n) is 16.2. The van der Waals surface area contributed by atoms with Crippen molar-refractivity contribution >= 4 is 51.0 Å². The lowest BCUT2D eigenvalue weighted by Crippen LogP contribution is -2.22. The van der Waals surface area contributed by atoms with E-state index in [1.165, 1.54) is 18.4 Å². The Balaban J connectivity index is 1.73. The predicted octanol–water partition coefficient (Wildman–Crippen LogP) is 3.06. The van der Waals surface area contributed by atoms with Crippen molar-refractivity contribution in [3.8, 4) is 11.5 Å². The Kier molecular flexibility index (Phi) is 5.61. The average molecular weight is 445 g/mol. The van der Waals surface area contributed by atoms with Crippen molar-refractivity contribution < 1.29 is 19.0 Å². The molecule has 4 aromatic rings. The molecule has 2 aromatic carbocycles. The van der Waals surface area contributed by atoms with Gasteiger partial charge >= 0.3 is 5.97 Å². The molecule has 2 heterocycles. The molecule has 0 N–H and O–H groups in total. The van der Waals surface area contributed by atoms with Crippen LogP contribution in [0.25, 0.3) is 22.1 Å². The molecule has 0 aliphatic carbocycles. The first kappa shape index (κ1) is 20.2. The van der Waals surface area contributed by atoms with E-state index in [9.17, 15) is 9.59 Å². The highest BCUT2D eigenvalue weighted by molar-refractivity contribution is 7.15. The van der Waals surface area contributed by atoms with Gasteiger partial charge in [0.1, 0.15) is 0 Å². The van der Waals surface area contributed by atoms with Crippen LogP contribution in [0.3, 0.4) is 0 Å². The minimum absolute atomic E-state index is 0.151. The number of imidazole rings is 1. The molecular formula is C21H17ClN2O5S. The number of esters is 1. The lowest BCUT2D eigenvalue weighted by atomic mass is 10.2. The molecule has 0 spiro atoms. The number of thiazole rings is 1. The third-order valence-corrected chi connectivity index (χ3v) is 5.58. The highest BCUT2D eigenvalue weighted by atomic mass is 35.5. The normalized spacial score (nSPS) is 11.9. The molecule has 2 aromatic heterocycles. The van der Waals surface area contributed by atoms with Gasteiger partial charge in [-0.1, -0.05) is 35.1 Å². The van der Waals surface area contributed by atoms with Gasteiger partial charge in [-0.15, -0.1) is 0 Å². The van der Waals surface area contributed by atoms with Crippen LogP contribution < -0.4 is 19.6 Å². The summed E-state index contributed by atoms with van der Waals surface area (Å²) in [5, 5.41) is 0.254. The molecule has 0 saturated carbocycles. The first-order valence-corrected chi connectivity index (χ1v) is 10.3. The summed E-state index contributed by atoms with van der Waals surface area (Å²) < 4.78 is 17.8. The lowest BCUT2D eigenvalue weighted by molar-refractivity contribution is -0.145. The highest BCUT2D eigenvalue weighted by Crippen LogP contribution is 2.36. The molecule has 0 radical (unpaired) electrons. The van der Waals surface area contributed by atoms with Crippen molar-refractivity contribution in [1.82, 2.24) is 9.38 Å². The van der Waals surface area contributed by atoms with E-state index in [1.807, 2.05) is 24.3 Å². The van der Waals surface area contributed by atoms with E-state index in [-0.39, 0.29) is 29.5 Å². The zero-order valence-corrected chi connectivity index (χ0v) is 17.7. The van der Waals surface area contributed by atoms with Crippen LogP contribution in [0.1, 0.15) is 12.5 Å². The van der Waals surface area contributed by atoms with Crippen LogP contribution in [-0.4, -0.2) is 35.7 Å². The van der Waals surface area contributed by atoms with Gasteiger partial charge in [-0.25, -0.2) is 14.2 Å². The number of hydrogen-bond donors (Lipinski definition) is 0. The second-order valence-electron chi connectivity index (χ2n) is 6.26. The van der Waals surface area contributed by atoms with Gasteiger partial charge in [-0.3, -0.25) is 4.79 Å². The summed E-state index contributed by atoms with van der Waals surface area (Å²) in [7, 11) is 1.47. The zero-order chi connectivity index (χ0) is 21.3. The topological polar surface area (TPSA) is 79.1 Å². The molecule has 154 valence electrons. The molecular weight excluding hydrogens is 428 g/mol. The standard InChI is InChI=1S/C21H17ClN2O5S/c1-3-28-18(25)11-29-19-13(22)8-12(9-16(19)27-2)10-17-20(26)24-15-7-5-4-6-14(15)23-21(24)30-17/h4-10H,3,11H2,1-2H3/b17-10-. The fraction of sp³-hybridized carbons (Fsp3) is 0.190. The van der Waals surface area contributed by atoms with Gasteiger partial charge in [-0.2, -0.15) is 0 Å². The van der Waals surface area contributed by atoms with Crippen molar-refractivity contribution in [3.63, 3.8) is 0 Å². The number of ether oxygens (including phenoxy) is 3. The minimum atomic E-state index is -0.503. The number of aromatic nitrogens is 2. The lowest BCUT2D eigenvalue weighted by Gasteiger charge is -2.12. The summed E-state index contributed by atoms with van der Waals surface area (Å²) in [4.78, 5) is 29.6. The molecule has 0 aliphatic rings. The van der Waals surface area contributed by atoms with E-state index in [0.717, 1.165) is 11.0 Å². The summed E-state index contributed by atoms with van der Waals surface area (Å²) in [5.41, 5.74) is 2.06. The van der Waals surface area contributed by atoms with Crippen molar-refractivity contribution in [2.45, 2.75) is 6.92 Å². The van der Waals surface area contributed by atoms with E-state index in [1.54, 1.807) is 29.5 Å². The number of nitrogens with zero attached hydrogens (tertiary/aromatic N) is 2. The molecule has 0 fully saturated rings. The number of hydrogen-bond acceptors (Lipinski definition) is 7. The maximum atomic E-state index is 12.9. The smallest absolute Gasteiger partial charge is 0.344 e. The van der Waals surface area contributed by atoms with Gasteiger partial charge in [-0.05, 0) is 42.8 Å². The monoisotopic (exact) mass is 444 g/mol. The number of benzene rings is 2. The first-order chi connectivity index (χ1) is 14.5. The molecule has 0 bridgehead atoms. The number of methoxy groups -OCH3 is 1. The van der Waals surface area contributed by atoms with Crippen LogP contribution in [0.5, 0.6) is 11.5 Å². The van der Waals surface area contributed by atoms with Gasteiger partial charge in [0.25, 0.3) is 5.56 Å². The molecule has 30 heavy (non-hydrogen) atoms. The van der Waals surface area contributed by atoms with Gasteiger partial charge in [0.2, 0.25) is 0 Å². The third-order valence-electron chi connectivity index (χ3n) is 4.33. The Labute approximate surface area is 180 Å². The van der Waals surface area contributed by atoms with Gasteiger partial charge in [0.15, 0.2) is 23.1 Å². The quantitative estimate of drug-likeness (QED) is 0.425. The van der Waals surface area contributed by atoms with E-state index in [4.69, 9.17) is 25.8 Å². The molecule has 4 rings (SSSR count). The second-order valence-corrected chi connectivity index (χ2v) is 7.68. The van der Waals surface area contributed by atoms with Crippen LogP contribution in [-0.2, 0) is 9.53 Å². The maximum Gasteiger partial charge on any atom is 0.344 e. The number of para-hydroxylation sites is 2. The Morgan fingerprint density at radius 3 is 2.87 bits per heavy atom. The average Bonchev–Trinajstić information content (AvgIpc) is 3.23. The molecule has 0 amide bonds. The Bertz CT molecular complexity index is 1360. The van der Waals surface area contributed by atoms with Gasteiger partial charge in [0.05, 0.1) is 34.3 Å². The molecule has 9 heteroatoms. The van der Waals surface area contributed by atoms with E-state index in [2.05, 4.69) is 4.98 Å². The number of fused-ring (bicyclic) bond motifs is 3. The summed E-state index contributed by atoms with van der Waals surface area (Å²) >= 11 is 7.64. The molecule has 0 saturated heterocycles. The Hall–Kier alpha value is -3.10. The van der Waals surface area contributed by atoms with E-state index >= 15 is 0 Å². The van der Waals surface area contributed by atoms with Gasteiger partial charge < -0.3 is 14.2 Å². The fourth-order valence-corrected chi connectivity index (χ4v) is 4.32. The number of carbonyl (C=O) groups excluding carboxylic acids is 1. The van der Waals surface area contributed by atoms with Crippen LogP contribution in [0.15, 0.2) is 41.2 Å². The van der Waals surface area contributed by atoms with Crippen LogP contribution in [0, 0.1) is 0 Å². The first-order valence-electron chi connectivity index (χ1n) is 9.09. The SMILES string of the molecule is CCOC(=O)COc1c(Cl)cc(/C=c2\sc3nc4ccccc4n3c2=O)cc1OC. The minimum Gasteiger partial charge on any atom is -0.493 e. The van der Waals surface area contributed by atoms with Gasteiger partial charge in [0, 0.05) is 0 Å². The number of carbonyl (C=O) groups is 1. The number of rotatable bonds is 6. The summed E-state index contributed by atoms with van der Waals surface area (Å²) in [6, 6.07) is 10.8. The van der Waals surface area contributed by atoms with Crippen LogP contribution in [0.2, 0.25) is 5.02 Å². The molecule has 0 atom stereocenters. The molecule has 0 unspecified atom stereocenters. The highest BCUT2D eigenvalue weighted by Gasteiger charge is 2.15. The Morgan fingerprint density at radius 1 is 1.30 bits per heavy atom. The second kappa shape index (κ2) is 8.33. The summed E-state index contributed by atoms with van der Waals surface area (Å²) in [6.45, 7) is 1.69. The largest absolute Gasteiger partial charge is 0.493 e. The number of halogens is 1. The molecule has 0 aliphatic heterocycles. The van der Waals surface area contributed by atoms with Crippen LogP contribution in [0.4, 0.5) is 0 Å². The summed E-state index contributed by atoms with van der Waals surface area (Å²) in [6.07, 6.45) is 1.72. The summed E-state index contributed by atoms with van der Waals surface area (Å²) in [5.74, 6) is 0.0763. The van der Waals surface area contributed by atoms with Crippen LogP contribution >= 0.6 is 22.9 Å². The predicted molar refractivity (Wildman–Crippen MR) is 116 cm³/mol. The Morgan fingerprint density at radius 2 is 2.10 bits per heavy atom. The fourth-order valence-electron chi connectivity index (χ4n) is 3.06. The third kappa shape index (κ3) is 3.71.